The van der Waals surface area contributed by atoms with E-state index in [1.165, 1.54) is 0 Å². The van der Waals surface area contributed by atoms with E-state index in [9.17, 15) is 9.59 Å². The van der Waals surface area contributed by atoms with E-state index < -0.39 is 17.8 Å². The highest BCUT2D eigenvalue weighted by molar-refractivity contribution is 5.82. The Morgan fingerprint density at radius 2 is 2.00 bits per heavy atom. The van der Waals surface area contributed by atoms with Crippen LogP contribution in [0.4, 0.5) is 4.79 Å². The van der Waals surface area contributed by atoms with Crippen LogP contribution in [0.3, 0.4) is 0 Å². The molecule has 2 atom stereocenters. The van der Waals surface area contributed by atoms with E-state index in [0.717, 1.165) is 12.8 Å². The summed E-state index contributed by atoms with van der Waals surface area (Å²) in [5, 5.41) is 2.81. The smallest absolute Gasteiger partial charge is 0.407 e. The predicted molar refractivity (Wildman–Crippen MR) is 99.9 cm³/mol. The Morgan fingerprint density at radius 1 is 1.26 bits per heavy atom. The van der Waals surface area contributed by atoms with Crippen LogP contribution in [0.15, 0.2) is 24.3 Å². The fourth-order valence-corrected chi connectivity index (χ4v) is 3.32. The number of rotatable bonds is 3. The first-order valence-electron chi connectivity index (χ1n) is 9.46. The van der Waals surface area contributed by atoms with Gasteiger partial charge in [-0.25, -0.2) is 4.79 Å². The van der Waals surface area contributed by atoms with Gasteiger partial charge in [0, 0.05) is 19.6 Å². The predicted octanol–water partition coefficient (Wildman–Crippen LogP) is 2.59. The molecule has 27 heavy (non-hydrogen) atoms. The standard InChI is InChI=1S/C20H28N2O5/c1-20(2,3)27-19(24)21-11-14-7-6-10-22(12-14)18(23)17-13-25-15-8-4-5-9-16(15)26-17/h4-5,8-9,14,17H,6-7,10-13H2,1-3H3,(H,21,24). The van der Waals surface area contributed by atoms with Crippen molar-refractivity contribution in [3.8, 4) is 11.5 Å². The third kappa shape index (κ3) is 5.28. The number of piperidine rings is 1. The van der Waals surface area contributed by atoms with Crippen LogP contribution in [0.1, 0.15) is 33.6 Å². The summed E-state index contributed by atoms with van der Waals surface area (Å²) in [5.74, 6) is 1.40. The molecule has 0 bridgehead atoms. The van der Waals surface area contributed by atoms with Gasteiger partial charge >= 0.3 is 6.09 Å². The lowest BCUT2D eigenvalue weighted by molar-refractivity contribution is -0.143. The van der Waals surface area contributed by atoms with Gasteiger partial charge in [0.1, 0.15) is 12.2 Å². The zero-order valence-corrected chi connectivity index (χ0v) is 16.2. The monoisotopic (exact) mass is 376 g/mol. The molecular weight excluding hydrogens is 348 g/mol. The van der Waals surface area contributed by atoms with Crippen molar-refractivity contribution in [3.05, 3.63) is 24.3 Å². The number of nitrogens with one attached hydrogen (secondary N) is 1. The van der Waals surface area contributed by atoms with Crippen molar-refractivity contribution in [1.82, 2.24) is 10.2 Å². The van der Waals surface area contributed by atoms with E-state index in [4.69, 9.17) is 14.2 Å². The van der Waals surface area contributed by atoms with Crippen LogP contribution < -0.4 is 14.8 Å². The van der Waals surface area contributed by atoms with Crippen LogP contribution >= 0.6 is 0 Å². The van der Waals surface area contributed by atoms with Crippen LogP contribution in [-0.2, 0) is 9.53 Å². The molecule has 0 aliphatic carbocycles. The highest BCUT2D eigenvalue weighted by Gasteiger charge is 2.33. The summed E-state index contributed by atoms with van der Waals surface area (Å²) in [4.78, 5) is 26.5. The van der Waals surface area contributed by atoms with Crippen molar-refractivity contribution in [3.63, 3.8) is 0 Å². The number of ether oxygens (including phenoxy) is 3. The molecule has 1 saturated heterocycles. The molecule has 0 radical (unpaired) electrons. The number of fused-ring (bicyclic) bond motifs is 1. The van der Waals surface area contributed by atoms with E-state index in [0.29, 0.717) is 31.1 Å². The van der Waals surface area contributed by atoms with E-state index in [-0.39, 0.29) is 18.4 Å². The first kappa shape index (κ1) is 19.3. The van der Waals surface area contributed by atoms with Gasteiger partial charge in [-0.1, -0.05) is 12.1 Å². The minimum atomic E-state index is -0.627. The molecule has 7 heteroatoms. The van der Waals surface area contributed by atoms with Gasteiger partial charge in [0.2, 0.25) is 6.10 Å². The average molecular weight is 376 g/mol. The molecule has 148 valence electrons. The number of likely N-dealkylation sites (tertiary alicyclic amines) is 1. The molecule has 2 aliphatic rings. The minimum absolute atomic E-state index is 0.0635. The second-order valence-corrected chi connectivity index (χ2v) is 8.04. The Labute approximate surface area is 160 Å². The molecule has 2 heterocycles. The van der Waals surface area contributed by atoms with E-state index in [1.54, 1.807) is 6.07 Å². The van der Waals surface area contributed by atoms with Gasteiger partial charge in [0.25, 0.3) is 5.91 Å². The van der Waals surface area contributed by atoms with Crippen LogP contribution in [0.25, 0.3) is 0 Å². The number of carbonyl (C=O) groups excluding carboxylic acids is 2. The normalized spacial score (nSPS) is 22.1. The van der Waals surface area contributed by atoms with Gasteiger partial charge in [-0.15, -0.1) is 0 Å². The second kappa shape index (κ2) is 8.06. The van der Waals surface area contributed by atoms with Gasteiger partial charge in [-0.05, 0) is 51.7 Å². The zero-order chi connectivity index (χ0) is 19.4. The highest BCUT2D eigenvalue weighted by atomic mass is 16.6. The van der Waals surface area contributed by atoms with Gasteiger partial charge in [0.05, 0.1) is 0 Å². The Kier molecular flexibility index (Phi) is 5.77. The number of hydrogen-bond donors (Lipinski definition) is 1. The Hall–Kier alpha value is -2.44. The van der Waals surface area contributed by atoms with E-state index in [1.807, 2.05) is 43.9 Å². The summed E-state index contributed by atoms with van der Waals surface area (Å²) in [6.45, 7) is 7.49. The van der Waals surface area contributed by atoms with Crippen LogP contribution in [0.5, 0.6) is 11.5 Å². The van der Waals surface area contributed by atoms with Crippen molar-refractivity contribution < 1.29 is 23.8 Å². The van der Waals surface area contributed by atoms with Gasteiger partial charge in [0.15, 0.2) is 11.5 Å². The highest BCUT2D eigenvalue weighted by Crippen LogP contribution is 2.31. The van der Waals surface area contributed by atoms with E-state index in [2.05, 4.69) is 5.32 Å². The van der Waals surface area contributed by atoms with Crippen molar-refractivity contribution in [2.75, 3.05) is 26.2 Å². The maximum atomic E-state index is 12.8. The number of carbonyl (C=O) groups is 2. The molecule has 7 nitrogen and oxygen atoms in total. The second-order valence-electron chi connectivity index (χ2n) is 8.04. The van der Waals surface area contributed by atoms with Crippen molar-refractivity contribution in [1.29, 1.82) is 0 Å². The third-order valence-corrected chi connectivity index (χ3v) is 4.55. The topological polar surface area (TPSA) is 77.1 Å². The quantitative estimate of drug-likeness (QED) is 0.877. The van der Waals surface area contributed by atoms with Crippen LogP contribution in [0, 0.1) is 5.92 Å². The maximum absolute atomic E-state index is 12.8. The minimum Gasteiger partial charge on any atom is -0.485 e. The van der Waals surface area contributed by atoms with Gasteiger partial charge < -0.3 is 24.4 Å². The summed E-state index contributed by atoms with van der Waals surface area (Å²) in [6.07, 6.45) is 0.810. The molecule has 1 fully saturated rings. The molecule has 1 N–H and O–H groups in total. The first-order chi connectivity index (χ1) is 12.8. The molecule has 0 aromatic heterocycles. The molecule has 0 saturated carbocycles. The SMILES string of the molecule is CC(C)(C)OC(=O)NCC1CCCN(C(=O)C2COc3ccccc3O2)C1. The molecule has 2 amide bonds. The largest absolute Gasteiger partial charge is 0.485 e. The number of para-hydroxylation sites is 2. The Balaban J connectivity index is 1.51. The summed E-state index contributed by atoms with van der Waals surface area (Å²) in [7, 11) is 0. The lowest BCUT2D eigenvalue weighted by Gasteiger charge is -2.36. The molecule has 1 aromatic rings. The molecule has 3 rings (SSSR count). The fourth-order valence-electron chi connectivity index (χ4n) is 3.32. The summed E-state index contributed by atoms with van der Waals surface area (Å²) >= 11 is 0. The Bertz CT molecular complexity index is 685. The Morgan fingerprint density at radius 3 is 2.74 bits per heavy atom. The number of hydrogen-bond acceptors (Lipinski definition) is 5. The van der Waals surface area contributed by atoms with Crippen molar-refractivity contribution in [2.45, 2.75) is 45.3 Å². The summed E-state index contributed by atoms with van der Waals surface area (Å²) < 4.78 is 16.7. The van der Waals surface area contributed by atoms with Crippen LogP contribution in [-0.4, -0.2) is 54.8 Å². The summed E-state index contributed by atoms with van der Waals surface area (Å²) in [5.41, 5.74) is -0.521. The van der Waals surface area contributed by atoms with Crippen LogP contribution in [0.2, 0.25) is 0 Å². The fraction of sp³-hybridized carbons (Fsp3) is 0.600. The molecule has 1 aromatic carbocycles. The average Bonchev–Trinajstić information content (AvgIpc) is 2.64. The first-order valence-corrected chi connectivity index (χ1v) is 9.46. The van der Waals surface area contributed by atoms with Crippen molar-refractivity contribution >= 4 is 12.0 Å². The van der Waals surface area contributed by atoms with Gasteiger partial charge in [-0.2, -0.15) is 0 Å². The van der Waals surface area contributed by atoms with E-state index >= 15 is 0 Å². The number of amides is 2. The maximum Gasteiger partial charge on any atom is 0.407 e. The number of alkyl carbamates (subject to hydrolysis) is 1. The van der Waals surface area contributed by atoms with Crippen molar-refractivity contribution in [2.24, 2.45) is 5.92 Å². The molecular formula is C20H28N2O5. The lowest BCUT2D eigenvalue weighted by atomic mass is 9.97. The third-order valence-electron chi connectivity index (χ3n) is 4.55. The molecule has 0 spiro atoms. The lowest BCUT2D eigenvalue weighted by Crippen LogP contribution is -2.51. The summed E-state index contributed by atoms with van der Waals surface area (Å²) in [6, 6.07) is 7.36. The zero-order valence-electron chi connectivity index (χ0n) is 16.2. The number of nitrogens with zero attached hydrogens (tertiary/aromatic N) is 1. The molecule has 2 unspecified atom stereocenters. The van der Waals surface area contributed by atoms with Gasteiger partial charge in [-0.3, -0.25) is 4.79 Å². The molecule has 2 aliphatic heterocycles. The number of benzene rings is 1.